The first kappa shape index (κ1) is 21.4. The van der Waals surface area contributed by atoms with Gasteiger partial charge in [0.05, 0.1) is 9.92 Å². The van der Waals surface area contributed by atoms with E-state index in [0.717, 1.165) is 32.2 Å². The van der Waals surface area contributed by atoms with E-state index in [1.54, 1.807) is 52.0 Å². The molecule has 0 radical (unpaired) electrons. The van der Waals surface area contributed by atoms with Gasteiger partial charge in [-0.15, -0.1) is 16.3 Å². The summed E-state index contributed by atoms with van der Waals surface area (Å²) < 4.78 is 34.0. The van der Waals surface area contributed by atoms with Crippen LogP contribution >= 0.6 is 35.3 Å². The Kier molecular flexibility index (Phi) is 7.26. The number of aryl methyl sites for hydroxylation is 1. The van der Waals surface area contributed by atoms with E-state index in [-0.39, 0.29) is 10.8 Å². The number of benzene rings is 1. The van der Waals surface area contributed by atoms with Crippen molar-refractivity contribution in [2.45, 2.75) is 11.8 Å². The molecule has 0 N–H and O–H groups in total. The van der Waals surface area contributed by atoms with Crippen molar-refractivity contribution in [1.29, 1.82) is 0 Å². The number of thioether (sulfide) groups is 3. The van der Waals surface area contributed by atoms with Gasteiger partial charge in [-0.2, -0.15) is 0 Å². The van der Waals surface area contributed by atoms with E-state index in [0.29, 0.717) is 0 Å². The molecular weight excluding hydrogens is 412 g/mol. The molecule has 1 saturated heterocycles. The second kappa shape index (κ2) is 8.83. The van der Waals surface area contributed by atoms with Crippen LogP contribution in [0.3, 0.4) is 0 Å². The van der Waals surface area contributed by atoms with Gasteiger partial charge in [0.2, 0.25) is 0 Å². The minimum Gasteiger partial charge on any atom is -0.744 e. The first-order valence-electron chi connectivity index (χ1n) is 7.62. The van der Waals surface area contributed by atoms with Crippen LogP contribution in [-0.4, -0.2) is 65.4 Å². The first-order chi connectivity index (χ1) is 12.1. The SMILES string of the molecule is CSC1=[N+](C)C(=O)/C(=C2\SCCN2C)S1.Cc1ccc(S(=O)(=O)[O-])cc1. The molecule has 0 aromatic heterocycles. The molecule has 3 rings (SSSR count). The molecule has 0 bridgehead atoms. The molecule has 2 aliphatic heterocycles. The Morgan fingerprint density at radius 2 is 1.88 bits per heavy atom. The lowest BCUT2D eigenvalue weighted by Crippen LogP contribution is -2.17. The minimum atomic E-state index is -4.27. The van der Waals surface area contributed by atoms with Crippen molar-refractivity contribution in [1.82, 2.24) is 4.90 Å². The number of hydrogen-bond donors (Lipinski definition) is 0. The topological polar surface area (TPSA) is 80.5 Å². The summed E-state index contributed by atoms with van der Waals surface area (Å²) in [6, 6.07) is 5.78. The van der Waals surface area contributed by atoms with Crippen molar-refractivity contribution in [2.24, 2.45) is 0 Å². The maximum absolute atomic E-state index is 12.0. The van der Waals surface area contributed by atoms with Crippen molar-refractivity contribution < 1.29 is 22.3 Å². The predicted octanol–water partition coefficient (Wildman–Crippen LogP) is 2.37. The van der Waals surface area contributed by atoms with Crippen LogP contribution in [0, 0.1) is 6.92 Å². The van der Waals surface area contributed by atoms with E-state index < -0.39 is 10.1 Å². The first-order valence-corrected chi connectivity index (χ1v) is 12.1. The number of hydrogen-bond acceptors (Lipinski definition) is 8. The summed E-state index contributed by atoms with van der Waals surface area (Å²) in [4.78, 5) is 14.9. The third kappa shape index (κ3) is 5.07. The highest BCUT2D eigenvalue weighted by Gasteiger charge is 2.39. The summed E-state index contributed by atoms with van der Waals surface area (Å²) >= 11 is 5.01. The van der Waals surface area contributed by atoms with Gasteiger partial charge in [-0.3, -0.25) is 0 Å². The summed E-state index contributed by atoms with van der Waals surface area (Å²) in [5.41, 5.74) is 0.928. The quantitative estimate of drug-likeness (QED) is 0.380. The Morgan fingerprint density at radius 1 is 1.27 bits per heavy atom. The van der Waals surface area contributed by atoms with Gasteiger partial charge in [0, 0.05) is 31.1 Å². The van der Waals surface area contributed by atoms with E-state index in [1.807, 2.05) is 27.3 Å². The highest BCUT2D eigenvalue weighted by atomic mass is 32.2. The van der Waals surface area contributed by atoms with Crippen LogP contribution in [0.25, 0.3) is 0 Å². The van der Waals surface area contributed by atoms with Crippen LogP contribution in [0.4, 0.5) is 0 Å². The zero-order valence-corrected chi connectivity index (χ0v) is 18.2. The number of nitrogens with zero attached hydrogens (tertiary/aromatic N) is 2. The van der Waals surface area contributed by atoms with Crippen LogP contribution in [0.2, 0.25) is 0 Å². The summed E-state index contributed by atoms with van der Waals surface area (Å²) in [7, 11) is -0.379. The number of likely N-dealkylation sites (N-methyl/N-ethyl adjacent to an activating group) is 1. The molecule has 2 heterocycles. The summed E-state index contributed by atoms with van der Waals surface area (Å²) in [5.74, 6) is 1.22. The molecule has 1 aromatic rings. The molecule has 2 aliphatic rings. The van der Waals surface area contributed by atoms with Crippen LogP contribution in [0.1, 0.15) is 5.56 Å². The van der Waals surface area contributed by atoms with E-state index in [4.69, 9.17) is 0 Å². The maximum Gasteiger partial charge on any atom is 0.430 e. The van der Waals surface area contributed by atoms with E-state index in [2.05, 4.69) is 4.90 Å². The monoisotopic (exact) mass is 432 g/mol. The van der Waals surface area contributed by atoms with E-state index >= 15 is 0 Å². The van der Waals surface area contributed by atoms with E-state index in [1.165, 1.54) is 12.1 Å². The van der Waals surface area contributed by atoms with Gasteiger partial charge in [-0.05, 0) is 25.3 Å². The van der Waals surface area contributed by atoms with Crippen molar-refractivity contribution in [3.63, 3.8) is 0 Å². The fourth-order valence-corrected chi connectivity index (χ4v) is 5.84. The zero-order chi connectivity index (χ0) is 19.5. The minimum absolute atomic E-state index is 0.139. The molecule has 0 saturated carbocycles. The van der Waals surface area contributed by atoms with Crippen molar-refractivity contribution >= 4 is 55.7 Å². The predicted molar refractivity (Wildman–Crippen MR) is 109 cm³/mol. The van der Waals surface area contributed by atoms with Crippen molar-refractivity contribution in [3.8, 4) is 0 Å². The Hall–Kier alpha value is -0.940. The zero-order valence-electron chi connectivity index (χ0n) is 14.9. The Morgan fingerprint density at radius 3 is 2.31 bits per heavy atom. The van der Waals surface area contributed by atoms with Gasteiger partial charge < -0.3 is 9.45 Å². The van der Waals surface area contributed by atoms with Crippen LogP contribution < -0.4 is 0 Å². The third-order valence-corrected chi connectivity index (χ3v) is 8.20. The second-order valence-electron chi connectivity index (χ2n) is 5.61. The average Bonchev–Trinajstić information content (AvgIpc) is 3.12. The molecule has 26 heavy (non-hydrogen) atoms. The number of carbonyl (C=O) groups excluding carboxylic acids is 1. The maximum atomic E-state index is 12.0. The lowest BCUT2D eigenvalue weighted by molar-refractivity contribution is -0.406. The lowest BCUT2D eigenvalue weighted by Gasteiger charge is -2.11. The van der Waals surface area contributed by atoms with Crippen LogP contribution in [-0.2, 0) is 14.9 Å². The Labute approximate surface area is 166 Å². The lowest BCUT2D eigenvalue weighted by atomic mass is 10.2. The van der Waals surface area contributed by atoms with Gasteiger partial charge in [-0.1, -0.05) is 29.5 Å². The molecule has 0 atom stereocenters. The standard InChI is InChI=1S/C9H13N2OS3.C7H8O3S/c1-10-4-5-14-8(10)6-7(12)11(2)9(13-3)15-6;1-6-2-4-7(5-3-6)11(8,9)10/h4-5H2,1-3H3;2-5H,1H3,(H,8,9,10)/q+1;/p-1/b8-6+;. The Balaban J connectivity index is 0.000000197. The average molecular weight is 433 g/mol. The largest absolute Gasteiger partial charge is 0.744 e. The normalized spacial score (nSPS) is 20.5. The highest BCUT2D eigenvalue weighted by molar-refractivity contribution is 8.40. The van der Waals surface area contributed by atoms with E-state index in [9.17, 15) is 17.8 Å². The molecule has 10 heteroatoms. The molecule has 6 nitrogen and oxygen atoms in total. The molecule has 1 amide bonds. The number of rotatable bonds is 1. The fourth-order valence-electron chi connectivity index (χ4n) is 2.18. The van der Waals surface area contributed by atoms with Crippen molar-refractivity contribution in [2.75, 3.05) is 32.6 Å². The second-order valence-corrected chi connectivity index (χ2v) is 10.1. The molecule has 1 aromatic carbocycles. The number of carbonyl (C=O) groups is 1. The van der Waals surface area contributed by atoms with Gasteiger partial charge in [0.15, 0.2) is 4.91 Å². The van der Waals surface area contributed by atoms with Gasteiger partial charge in [0.25, 0.3) is 4.38 Å². The molecular formula is C16H20N2O4S4. The smallest absolute Gasteiger partial charge is 0.430 e. The summed E-state index contributed by atoms with van der Waals surface area (Å²) in [5, 5.41) is 1.14. The van der Waals surface area contributed by atoms with Gasteiger partial charge in [-0.25, -0.2) is 13.2 Å². The van der Waals surface area contributed by atoms with Crippen LogP contribution in [0.15, 0.2) is 39.1 Å². The molecule has 142 valence electrons. The Bertz CT molecular complexity index is 861. The molecule has 0 spiro atoms. The molecule has 0 aliphatic carbocycles. The van der Waals surface area contributed by atoms with Gasteiger partial charge >= 0.3 is 5.91 Å². The van der Waals surface area contributed by atoms with Gasteiger partial charge in [0.1, 0.15) is 17.2 Å². The summed E-state index contributed by atoms with van der Waals surface area (Å²) in [6.07, 6.45) is 2.01. The third-order valence-electron chi connectivity index (χ3n) is 3.65. The van der Waals surface area contributed by atoms with Crippen molar-refractivity contribution in [3.05, 3.63) is 39.8 Å². The fraction of sp³-hybridized carbons (Fsp3) is 0.375. The summed E-state index contributed by atoms with van der Waals surface area (Å²) in [6.45, 7) is 2.86. The molecule has 0 unspecified atom stereocenters. The highest BCUT2D eigenvalue weighted by Crippen LogP contribution is 2.39. The molecule has 1 fully saturated rings. The number of amides is 1. The van der Waals surface area contributed by atoms with Crippen LogP contribution in [0.5, 0.6) is 0 Å².